The van der Waals surface area contributed by atoms with Crippen LogP contribution in [0.15, 0.2) is 12.3 Å². The molecule has 2 heterocycles. The zero-order valence-corrected chi connectivity index (χ0v) is 11.3. The van der Waals surface area contributed by atoms with Gasteiger partial charge in [-0.15, -0.1) is 10.2 Å². The van der Waals surface area contributed by atoms with Crippen LogP contribution in [0.4, 0.5) is 4.39 Å². The average Bonchev–Trinajstić information content (AvgIpc) is 2.36. The molecule has 0 aromatic carbocycles. The van der Waals surface area contributed by atoms with Crippen LogP contribution in [0.25, 0.3) is 11.3 Å². The van der Waals surface area contributed by atoms with Gasteiger partial charge in [0.05, 0.1) is 0 Å². The van der Waals surface area contributed by atoms with E-state index in [0.717, 1.165) is 5.56 Å². The van der Waals surface area contributed by atoms with Crippen LogP contribution in [0.2, 0.25) is 10.3 Å². The summed E-state index contributed by atoms with van der Waals surface area (Å²) in [6.07, 6.45) is 2.33. The third-order valence-electron chi connectivity index (χ3n) is 2.66. The van der Waals surface area contributed by atoms with Crippen LogP contribution in [0.3, 0.4) is 0 Å². The van der Waals surface area contributed by atoms with Gasteiger partial charge in [-0.1, -0.05) is 30.1 Å². The number of pyridine rings is 1. The number of nitrogens with zero attached hydrogens (tertiary/aromatic N) is 3. The van der Waals surface area contributed by atoms with Crippen molar-refractivity contribution in [3.05, 3.63) is 39.5 Å². The molecule has 18 heavy (non-hydrogen) atoms. The first kappa shape index (κ1) is 13.2. The minimum Gasteiger partial charge on any atom is -0.253 e. The fourth-order valence-corrected chi connectivity index (χ4v) is 2.00. The Bertz CT molecular complexity index is 602. The fraction of sp³-hybridized carbons (Fsp3) is 0.250. The van der Waals surface area contributed by atoms with Crippen molar-refractivity contribution in [3.63, 3.8) is 0 Å². The molecular formula is C12H10Cl2FN3. The maximum atomic E-state index is 14.0. The van der Waals surface area contributed by atoms with E-state index < -0.39 is 5.82 Å². The van der Waals surface area contributed by atoms with Gasteiger partial charge < -0.3 is 0 Å². The van der Waals surface area contributed by atoms with Gasteiger partial charge in [0.1, 0.15) is 11.5 Å². The highest BCUT2D eigenvalue weighted by Gasteiger charge is 2.17. The van der Waals surface area contributed by atoms with Gasteiger partial charge in [0.25, 0.3) is 0 Å². The second-order valence-electron chi connectivity index (χ2n) is 3.81. The molecule has 0 atom stereocenters. The Labute approximate surface area is 114 Å². The predicted molar refractivity (Wildman–Crippen MR) is 69.4 cm³/mol. The zero-order valence-electron chi connectivity index (χ0n) is 9.84. The van der Waals surface area contributed by atoms with Crippen molar-refractivity contribution >= 4 is 23.2 Å². The summed E-state index contributed by atoms with van der Waals surface area (Å²) in [5, 5.41) is 7.62. The Morgan fingerprint density at radius 2 is 1.89 bits per heavy atom. The summed E-state index contributed by atoms with van der Waals surface area (Å²) in [4.78, 5) is 4.10. The summed E-state index contributed by atoms with van der Waals surface area (Å²) in [6.45, 7) is 3.63. The van der Waals surface area contributed by atoms with E-state index in [1.807, 2.05) is 6.92 Å². The molecule has 0 fully saturated rings. The lowest BCUT2D eigenvalue weighted by molar-refractivity contribution is 0.623. The molecule has 0 saturated carbocycles. The SMILES string of the molecule is CCc1cnc(-c2c(Cl)nnc(Cl)c2C)c(F)c1. The first-order valence-corrected chi connectivity index (χ1v) is 6.13. The quantitative estimate of drug-likeness (QED) is 0.841. The van der Waals surface area contributed by atoms with Crippen molar-refractivity contribution in [2.24, 2.45) is 0 Å². The van der Waals surface area contributed by atoms with Crippen LogP contribution in [0, 0.1) is 12.7 Å². The molecule has 2 aromatic rings. The first-order valence-electron chi connectivity index (χ1n) is 5.37. The standard InChI is InChI=1S/C12H10Cl2FN3/c1-3-7-4-8(15)10(16-5-7)9-6(2)11(13)17-18-12(9)14/h4-5H,3H2,1-2H3. The summed E-state index contributed by atoms with van der Waals surface area (Å²) in [6, 6.07) is 1.44. The van der Waals surface area contributed by atoms with E-state index in [9.17, 15) is 4.39 Å². The van der Waals surface area contributed by atoms with Gasteiger partial charge in [-0.05, 0) is 25.0 Å². The zero-order chi connectivity index (χ0) is 13.3. The maximum Gasteiger partial charge on any atom is 0.161 e. The summed E-state index contributed by atoms with van der Waals surface area (Å²) in [5.74, 6) is -0.441. The minimum atomic E-state index is -0.441. The Hall–Kier alpha value is -1.26. The third kappa shape index (κ3) is 2.31. The summed E-state index contributed by atoms with van der Waals surface area (Å²) < 4.78 is 14.0. The van der Waals surface area contributed by atoms with Crippen molar-refractivity contribution < 1.29 is 4.39 Å². The molecule has 0 N–H and O–H groups in total. The Kier molecular flexibility index (Phi) is 3.78. The lowest BCUT2D eigenvalue weighted by atomic mass is 10.1. The first-order chi connectivity index (χ1) is 8.54. The second-order valence-corrected chi connectivity index (χ2v) is 4.53. The molecule has 3 nitrogen and oxygen atoms in total. The number of hydrogen-bond acceptors (Lipinski definition) is 3. The molecule has 2 rings (SSSR count). The van der Waals surface area contributed by atoms with Gasteiger partial charge in [-0.25, -0.2) is 4.39 Å². The summed E-state index contributed by atoms with van der Waals surface area (Å²) in [7, 11) is 0. The van der Waals surface area contributed by atoms with Crippen molar-refractivity contribution in [3.8, 4) is 11.3 Å². The average molecular weight is 286 g/mol. The van der Waals surface area contributed by atoms with Gasteiger partial charge >= 0.3 is 0 Å². The van der Waals surface area contributed by atoms with E-state index in [1.54, 1.807) is 13.1 Å². The van der Waals surface area contributed by atoms with Crippen LogP contribution in [-0.4, -0.2) is 15.2 Å². The molecule has 6 heteroatoms. The minimum absolute atomic E-state index is 0.0903. The highest BCUT2D eigenvalue weighted by Crippen LogP contribution is 2.32. The molecule has 0 unspecified atom stereocenters. The Morgan fingerprint density at radius 1 is 1.22 bits per heavy atom. The van der Waals surface area contributed by atoms with Crippen LogP contribution in [-0.2, 0) is 6.42 Å². The molecule has 0 aliphatic rings. The molecule has 0 amide bonds. The molecule has 0 saturated heterocycles. The summed E-state index contributed by atoms with van der Waals surface area (Å²) in [5.41, 5.74) is 1.91. The molecule has 0 bridgehead atoms. The smallest absolute Gasteiger partial charge is 0.161 e. The van der Waals surface area contributed by atoms with Crippen LogP contribution in [0.5, 0.6) is 0 Å². The van der Waals surface area contributed by atoms with Crippen molar-refractivity contribution in [2.75, 3.05) is 0 Å². The van der Waals surface area contributed by atoms with E-state index in [0.29, 0.717) is 17.5 Å². The molecule has 0 aliphatic carbocycles. The van der Waals surface area contributed by atoms with Gasteiger partial charge in [0, 0.05) is 17.3 Å². The lowest BCUT2D eigenvalue weighted by Crippen LogP contribution is -1.99. The number of rotatable bonds is 2. The van der Waals surface area contributed by atoms with Crippen LogP contribution in [0.1, 0.15) is 18.1 Å². The van der Waals surface area contributed by atoms with Crippen LogP contribution >= 0.6 is 23.2 Å². The van der Waals surface area contributed by atoms with E-state index >= 15 is 0 Å². The third-order valence-corrected chi connectivity index (χ3v) is 3.28. The van der Waals surface area contributed by atoms with E-state index in [2.05, 4.69) is 15.2 Å². The molecule has 94 valence electrons. The highest BCUT2D eigenvalue weighted by molar-refractivity contribution is 6.34. The molecule has 0 aliphatic heterocycles. The topological polar surface area (TPSA) is 38.7 Å². The number of aryl methyl sites for hydroxylation is 1. The molecule has 2 aromatic heterocycles. The van der Waals surface area contributed by atoms with Gasteiger partial charge in [-0.2, -0.15) is 0 Å². The molecular weight excluding hydrogens is 276 g/mol. The lowest BCUT2D eigenvalue weighted by Gasteiger charge is -2.09. The number of aromatic nitrogens is 3. The predicted octanol–water partition coefficient (Wildman–Crippen LogP) is 3.86. The van der Waals surface area contributed by atoms with Gasteiger partial charge in [0.2, 0.25) is 0 Å². The van der Waals surface area contributed by atoms with Gasteiger partial charge in [0.15, 0.2) is 10.3 Å². The fourth-order valence-electron chi connectivity index (χ4n) is 1.60. The van der Waals surface area contributed by atoms with Gasteiger partial charge in [-0.3, -0.25) is 4.98 Å². The van der Waals surface area contributed by atoms with Crippen molar-refractivity contribution in [2.45, 2.75) is 20.3 Å². The van der Waals surface area contributed by atoms with E-state index in [-0.39, 0.29) is 16.0 Å². The normalized spacial score (nSPS) is 10.7. The maximum absolute atomic E-state index is 14.0. The molecule has 0 spiro atoms. The Morgan fingerprint density at radius 3 is 2.50 bits per heavy atom. The summed E-state index contributed by atoms with van der Waals surface area (Å²) >= 11 is 11.8. The Balaban J connectivity index is 2.66. The monoisotopic (exact) mass is 285 g/mol. The largest absolute Gasteiger partial charge is 0.253 e. The van der Waals surface area contributed by atoms with E-state index in [1.165, 1.54) is 6.07 Å². The second kappa shape index (κ2) is 5.16. The number of halogens is 3. The van der Waals surface area contributed by atoms with E-state index in [4.69, 9.17) is 23.2 Å². The molecule has 0 radical (unpaired) electrons. The number of hydrogen-bond donors (Lipinski definition) is 0. The van der Waals surface area contributed by atoms with Crippen molar-refractivity contribution in [1.29, 1.82) is 0 Å². The van der Waals surface area contributed by atoms with Crippen molar-refractivity contribution in [1.82, 2.24) is 15.2 Å². The highest BCUT2D eigenvalue weighted by atomic mass is 35.5. The van der Waals surface area contributed by atoms with Crippen LogP contribution < -0.4 is 0 Å².